The van der Waals surface area contributed by atoms with Crippen LogP contribution in [-0.2, 0) is 16.0 Å². The number of ether oxygens (including phenoxy) is 1. The van der Waals surface area contributed by atoms with Crippen LogP contribution in [0.15, 0.2) is 48.7 Å². The minimum atomic E-state index is -0.434. The number of nitrogens with one attached hydrogen (secondary N) is 1. The van der Waals surface area contributed by atoms with E-state index in [0.717, 1.165) is 37.6 Å². The van der Waals surface area contributed by atoms with Gasteiger partial charge in [-0.15, -0.1) is 0 Å². The van der Waals surface area contributed by atoms with Gasteiger partial charge in [0.2, 0.25) is 0 Å². The first kappa shape index (κ1) is 24.5. The van der Waals surface area contributed by atoms with E-state index < -0.39 is 5.97 Å². The number of aromatic amines is 1. The Kier molecular flexibility index (Phi) is 7.21. The minimum Gasteiger partial charge on any atom is -0.444 e. The second-order valence-corrected chi connectivity index (χ2v) is 9.79. The first-order valence-electron chi connectivity index (χ1n) is 11.5. The van der Waals surface area contributed by atoms with Gasteiger partial charge in [-0.1, -0.05) is 47.7 Å². The van der Waals surface area contributed by atoms with Crippen LogP contribution >= 0.6 is 11.3 Å². The molecule has 8 heteroatoms. The van der Waals surface area contributed by atoms with Gasteiger partial charge < -0.3 is 19.5 Å². The van der Waals surface area contributed by atoms with E-state index in [1.54, 1.807) is 4.90 Å². The third kappa shape index (κ3) is 5.38. The Morgan fingerprint density at radius 2 is 1.86 bits per heavy atom. The molecule has 4 aromatic rings. The number of nitrogens with zero attached hydrogens (tertiary/aromatic N) is 3. The van der Waals surface area contributed by atoms with Crippen LogP contribution in [0.3, 0.4) is 0 Å². The highest BCUT2D eigenvalue weighted by molar-refractivity contribution is 7.19. The number of thiazole rings is 1. The van der Waals surface area contributed by atoms with Gasteiger partial charge in [-0.2, -0.15) is 0 Å². The molecule has 0 aliphatic heterocycles. The van der Waals surface area contributed by atoms with Crippen molar-refractivity contribution in [3.05, 3.63) is 71.0 Å². The average molecular weight is 491 g/mol. The number of aryl methyl sites for hydroxylation is 2. The third-order valence-corrected chi connectivity index (χ3v) is 7.28. The molecular weight excluding hydrogens is 460 g/mol. The number of esters is 1. The number of anilines is 1. The standard InChI is InChI=1S/C27H30N4O3S/c1-17-10-11-20(14-18(17)2)25-24(29-27(35-25)30(4)5)26(33)31(16-34-19(3)32)13-12-21-15-28-23-9-7-6-8-22(21)23/h6-11,14-15,28H,12-13,16H2,1-5H3. The lowest BCUT2D eigenvalue weighted by atomic mass is 10.0. The zero-order valence-corrected chi connectivity index (χ0v) is 21.5. The highest BCUT2D eigenvalue weighted by atomic mass is 32.1. The van der Waals surface area contributed by atoms with Crippen LogP contribution in [0.1, 0.15) is 34.1 Å². The van der Waals surface area contributed by atoms with Crippen LogP contribution < -0.4 is 4.90 Å². The fourth-order valence-electron chi connectivity index (χ4n) is 3.86. The molecule has 0 spiro atoms. The minimum absolute atomic E-state index is 0.127. The molecule has 182 valence electrons. The number of benzene rings is 2. The van der Waals surface area contributed by atoms with E-state index in [4.69, 9.17) is 4.74 Å². The molecule has 1 amide bonds. The van der Waals surface area contributed by atoms with E-state index in [9.17, 15) is 9.59 Å². The molecule has 0 radical (unpaired) electrons. The quantitative estimate of drug-likeness (QED) is 0.272. The summed E-state index contributed by atoms with van der Waals surface area (Å²) in [5, 5.41) is 1.86. The molecule has 0 saturated heterocycles. The molecule has 0 aliphatic carbocycles. The van der Waals surface area contributed by atoms with E-state index in [2.05, 4.69) is 42.0 Å². The lowest BCUT2D eigenvalue weighted by Crippen LogP contribution is -2.36. The molecule has 0 fully saturated rings. The molecule has 0 atom stereocenters. The molecule has 2 heterocycles. The SMILES string of the molecule is CC(=O)OCN(CCc1c[nH]c2ccccc12)C(=O)c1nc(N(C)C)sc1-c1ccc(C)c(C)c1. The van der Waals surface area contributed by atoms with Crippen molar-refractivity contribution in [1.82, 2.24) is 14.9 Å². The molecule has 0 aliphatic rings. The maximum Gasteiger partial charge on any atom is 0.304 e. The molecule has 7 nitrogen and oxygen atoms in total. The first-order chi connectivity index (χ1) is 16.7. The molecule has 2 aromatic carbocycles. The van der Waals surface area contributed by atoms with Crippen molar-refractivity contribution in [3.8, 4) is 10.4 Å². The van der Waals surface area contributed by atoms with Crippen molar-refractivity contribution in [2.45, 2.75) is 27.2 Å². The predicted octanol–water partition coefficient (Wildman–Crippen LogP) is 5.18. The highest BCUT2D eigenvalue weighted by Gasteiger charge is 2.26. The fraction of sp³-hybridized carbons (Fsp3) is 0.296. The molecular formula is C27H30N4O3S. The number of hydrogen-bond donors (Lipinski definition) is 1. The van der Waals surface area contributed by atoms with Crippen molar-refractivity contribution in [1.29, 1.82) is 0 Å². The number of carbonyl (C=O) groups excluding carboxylic acids is 2. The average Bonchev–Trinajstić information content (AvgIpc) is 3.45. The molecule has 35 heavy (non-hydrogen) atoms. The molecule has 4 rings (SSSR count). The van der Waals surface area contributed by atoms with Gasteiger partial charge in [-0.25, -0.2) is 4.98 Å². The summed E-state index contributed by atoms with van der Waals surface area (Å²) in [5.41, 5.74) is 5.81. The number of amides is 1. The summed E-state index contributed by atoms with van der Waals surface area (Å²) in [6, 6.07) is 14.2. The van der Waals surface area contributed by atoms with Crippen LogP contribution in [0.25, 0.3) is 21.3 Å². The lowest BCUT2D eigenvalue weighted by Gasteiger charge is -2.22. The van der Waals surface area contributed by atoms with Crippen LogP contribution in [0.5, 0.6) is 0 Å². The molecule has 2 aromatic heterocycles. The zero-order chi connectivity index (χ0) is 25.1. The van der Waals surface area contributed by atoms with E-state index in [1.165, 1.54) is 23.8 Å². The summed E-state index contributed by atoms with van der Waals surface area (Å²) < 4.78 is 5.26. The number of rotatable bonds is 8. The van der Waals surface area contributed by atoms with Crippen molar-refractivity contribution in [3.63, 3.8) is 0 Å². The Hall–Kier alpha value is -3.65. The number of H-pyrrole nitrogens is 1. The van der Waals surface area contributed by atoms with Gasteiger partial charge in [-0.3, -0.25) is 9.59 Å². The van der Waals surface area contributed by atoms with Gasteiger partial charge in [0.05, 0.1) is 4.88 Å². The summed E-state index contributed by atoms with van der Waals surface area (Å²) >= 11 is 1.48. The van der Waals surface area contributed by atoms with E-state index >= 15 is 0 Å². The second kappa shape index (κ2) is 10.3. The molecule has 0 saturated carbocycles. The Morgan fingerprint density at radius 3 is 2.57 bits per heavy atom. The maximum absolute atomic E-state index is 13.8. The predicted molar refractivity (Wildman–Crippen MR) is 141 cm³/mol. The number of hydrogen-bond acceptors (Lipinski definition) is 6. The zero-order valence-electron chi connectivity index (χ0n) is 20.7. The van der Waals surface area contributed by atoms with Crippen LogP contribution in [0.2, 0.25) is 0 Å². The van der Waals surface area contributed by atoms with Crippen LogP contribution in [0, 0.1) is 13.8 Å². The van der Waals surface area contributed by atoms with Gasteiger partial charge in [0.25, 0.3) is 5.91 Å². The Bertz CT molecular complexity index is 1370. The van der Waals surface area contributed by atoms with Gasteiger partial charge in [0.1, 0.15) is 5.69 Å². The summed E-state index contributed by atoms with van der Waals surface area (Å²) in [4.78, 5) is 37.6. The van der Waals surface area contributed by atoms with Gasteiger partial charge >= 0.3 is 5.97 Å². The first-order valence-corrected chi connectivity index (χ1v) is 12.3. The van der Waals surface area contributed by atoms with E-state index in [0.29, 0.717) is 18.7 Å². The summed E-state index contributed by atoms with van der Waals surface area (Å²) in [5.74, 6) is -0.694. The summed E-state index contributed by atoms with van der Waals surface area (Å²) in [6.07, 6.45) is 2.58. The number of para-hydroxylation sites is 1. The maximum atomic E-state index is 13.8. The van der Waals surface area contributed by atoms with E-state index in [-0.39, 0.29) is 12.6 Å². The van der Waals surface area contributed by atoms with Gasteiger partial charge in [0, 0.05) is 44.7 Å². The van der Waals surface area contributed by atoms with Crippen molar-refractivity contribution < 1.29 is 14.3 Å². The van der Waals surface area contributed by atoms with E-state index in [1.807, 2.05) is 49.5 Å². The smallest absolute Gasteiger partial charge is 0.304 e. The van der Waals surface area contributed by atoms with Gasteiger partial charge in [-0.05, 0) is 48.6 Å². The number of fused-ring (bicyclic) bond motifs is 1. The fourth-order valence-corrected chi connectivity index (χ4v) is 4.84. The Balaban J connectivity index is 1.67. The monoisotopic (exact) mass is 490 g/mol. The lowest BCUT2D eigenvalue weighted by molar-refractivity contribution is -0.144. The second-order valence-electron chi connectivity index (χ2n) is 8.81. The third-order valence-electron chi connectivity index (χ3n) is 6.01. The van der Waals surface area contributed by atoms with Crippen molar-refractivity contribution in [2.75, 3.05) is 32.3 Å². The highest BCUT2D eigenvalue weighted by Crippen LogP contribution is 2.36. The normalized spacial score (nSPS) is 11.0. The Labute approximate surface area is 209 Å². The number of carbonyl (C=O) groups is 2. The molecule has 0 bridgehead atoms. The van der Waals surface area contributed by atoms with Crippen molar-refractivity contribution >= 4 is 39.2 Å². The molecule has 1 N–H and O–H groups in total. The largest absolute Gasteiger partial charge is 0.444 e. The number of aromatic nitrogens is 2. The van der Waals surface area contributed by atoms with Crippen LogP contribution in [-0.4, -0.2) is 54.1 Å². The van der Waals surface area contributed by atoms with Gasteiger partial charge in [0.15, 0.2) is 11.9 Å². The summed E-state index contributed by atoms with van der Waals surface area (Å²) in [7, 11) is 3.82. The van der Waals surface area contributed by atoms with Crippen molar-refractivity contribution in [2.24, 2.45) is 0 Å². The van der Waals surface area contributed by atoms with Crippen LogP contribution in [0.4, 0.5) is 5.13 Å². The topological polar surface area (TPSA) is 78.5 Å². The molecule has 0 unspecified atom stereocenters. The summed E-state index contributed by atoms with van der Waals surface area (Å²) in [6.45, 7) is 5.72. The Morgan fingerprint density at radius 1 is 1.09 bits per heavy atom.